The summed E-state index contributed by atoms with van der Waals surface area (Å²) in [6.45, 7) is 0.407. The third-order valence-electron chi connectivity index (χ3n) is 2.69. The number of aromatic nitrogens is 1. The van der Waals surface area contributed by atoms with Gasteiger partial charge in [-0.3, -0.25) is 9.78 Å². The Morgan fingerprint density at radius 3 is 3.00 bits per heavy atom. The average Bonchev–Trinajstić information content (AvgIpc) is 2.45. The van der Waals surface area contributed by atoms with Crippen LogP contribution in [0.1, 0.15) is 15.9 Å². The average molecular weight is 257 g/mol. The highest BCUT2D eigenvalue weighted by Crippen LogP contribution is 2.13. The Kier molecular flexibility index (Phi) is 3.97. The van der Waals surface area contributed by atoms with Gasteiger partial charge in [-0.15, -0.1) is 0 Å². The van der Waals surface area contributed by atoms with Crippen LogP contribution in [-0.2, 0) is 6.54 Å². The van der Waals surface area contributed by atoms with Crippen molar-refractivity contribution in [3.63, 3.8) is 0 Å². The van der Waals surface area contributed by atoms with Crippen molar-refractivity contribution in [1.82, 2.24) is 10.3 Å². The van der Waals surface area contributed by atoms with Gasteiger partial charge in [0.05, 0.1) is 12.7 Å². The van der Waals surface area contributed by atoms with Gasteiger partial charge in [-0.2, -0.15) is 0 Å². The summed E-state index contributed by atoms with van der Waals surface area (Å²) in [6, 6.07) is 9.10. The molecule has 98 valence electrons. The Balaban J connectivity index is 2.02. The Labute approximate surface area is 111 Å². The van der Waals surface area contributed by atoms with Gasteiger partial charge >= 0.3 is 0 Å². The predicted octanol–water partition coefficient (Wildman–Crippen LogP) is 1.60. The van der Waals surface area contributed by atoms with Crippen molar-refractivity contribution in [2.45, 2.75) is 6.54 Å². The molecule has 0 radical (unpaired) electrons. The summed E-state index contributed by atoms with van der Waals surface area (Å²) in [5.74, 6) is 0.515. The van der Waals surface area contributed by atoms with Crippen LogP contribution in [0, 0.1) is 0 Å². The number of benzene rings is 1. The zero-order valence-corrected chi connectivity index (χ0v) is 10.6. The van der Waals surface area contributed by atoms with Crippen molar-refractivity contribution in [3.05, 3.63) is 53.9 Å². The number of nitrogens with two attached hydrogens (primary N) is 1. The van der Waals surface area contributed by atoms with Crippen molar-refractivity contribution < 1.29 is 9.53 Å². The van der Waals surface area contributed by atoms with Crippen molar-refractivity contribution >= 4 is 11.6 Å². The fraction of sp³-hybridized carbons (Fsp3) is 0.143. The lowest BCUT2D eigenvalue weighted by molar-refractivity contribution is 0.0951. The Morgan fingerprint density at radius 1 is 1.42 bits per heavy atom. The van der Waals surface area contributed by atoms with Gasteiger partial charge in [-0.1, -0.05) is 12.1 Å². The second-order valence-electron chi connectivity index (χ2n) is 4.00. The van der Waals surface area contributed by atoms with Crippen molar-refractivity contribution in [3.8, 4) is 5.75 Å². The molecule has 0 spiro atoms. The van der Waals surface area contributed by atoms with Crippen molar-refractivity contribution in [1.29, 1.82) is 0 Å². The molecule has 19 heavy (non-hydrogen) atoms. The third-order valence-corrected chi connectivity index (χ3v) is 2.69. The molecule has 2 rings (SSSR count). The number of nitrogen functional groups attached to an aromatic ring is 1. The monoisotopic (exact) mass is 257 g/mol. The quantitative estimate of drug-likeness (QED) is 0.872. The molecule has 0 fully saturated rings. The van der Waals surface area contributed by atoms with E-state index in [1.54, 1.807) is 19.4 Å². The van der Waals surface area contributed by atoms with E-state index < -0.39 is 0 Å². The summed E-state index contributed by atoms with van der Waals surface area (Å²) in [4.78, 5) is 15.8. The van der Waals surface area contributed by atoms with Crippen LogP contribution in [0.25, 0.3) is 0 Å². The third kappa shape index (κ3) is 3.22. The topological polar surface area (TPSA) is 77.2 Å². The van der Waals surface area contributed by atoms with Crippen molar-refractivity contribution in [2.24, 2.45) is 0 Å². The molecule has 5 heteroatoms. The van der Waals surface area contributed by atoms with Crippen LogP contribution in [0.4, 0.5) is 5.69 Å². The van der Waals surface area contributed by atoms with Gasteiger partial charge in [0.25, 0.3) is 5.91 Å². The summed E-state index contributed by atoms with van der Waals surface area (Å²) in [5, 5.41) is 2.79. The van der Waals surface area contributed by atoms with Crippen LogP contribution in [0.5, 0.6) is 5.75 Å². The van der Waals surface area contributed by atoms with Crippen LogP contribution in [-0.4, -0.2) is 18.0 Å². The van der Waals surface area contributed by atoms with Gasteiger partial charge in [-0.05, 0) is 23.8 Å². The van der Waals surface area contributed by atoms with Crippen molar-refractivity contribution in [2.75, 3.05) is 12.8 Å². The molecule has 0 saturated carbocycles. The molecule has 0 atom stereocenters. The van der Waals surface area contributed by atoms with Gasteiger partial charge in [0.2, 0.25) is 0 Å². The number of carbonyl (C=O) groups excluding carboxylic acids is 1. The van der Waals surface area contributed by atoms with Gasteiger partial charge < -0.3 is 15.8 Å². The summed E-state index contributed by atoms with van der Waals surface area (Å²) in [5.41, 5.74) is 7.46. The molecule has 0 aliphatic carbocycles. The summed E-state index contributed by atoms with van der Waals surface area (Å²) in [6.07, 6.45) is 3.00. The Hall–Kier alpha value is -2.56. The van der Waals surface area contributed by atoms with E-state index in [0.717, 1.165) is 11.3 Å². The van der Waals surface area contributed by atoms with E-state index in [9.17, 15) is 4.79 Å². The van der Waals surface area contributed by atoms with Crippen LogP contribution < -0.4 is 15.8 Å². The standard InChI is InChI=1S/C14H15N3O2/c1-19-11-4-2-3-10(7-11)8-17-14(18)12-9-16-6-5-13(12)15/h2-7,9H,8H2,1H3,(H2,15,16)(H,17,18). The zero-order valence-electron chi connectivity index (χ0n) is 10.6. The molecule has 1 aromatic heterocycles. The molecule has 0 unspecified atom stereocenters. The smallest absolute Gasteiger partial charge is 0.255 e. The maximum atomic E-state index is 11.9. The maximum absolute atomic E-state index is 11.9. The number of pyridine rings is 1. The molecule has 3 N–H and O–H groups in total. The second kappa shape index (κ2) is 5.86. The number of hydrogen-bond donors (Lipinski definition) is 2. The molecule has 1 amide bonds. The minimum absolute atomic E-state index is 0.242. The fourth-order valence-electron chi connectivity index (χ4n) is 1.65. The highest BCUT2D eigenvalue weighted by atomic mass is 16.5. The number of carbonyl (C=O) groups is 1. The van der Waals surface area contributed by atoms with Gasteiger partial charge in [0, 0.05) is 24.6 Å². The maximum Gasteiger partial charge on any atom is 0.255 e. The van der Waals surface area contributed by atoms with E-state index in [4.69, 9.17) is 10.5 Å². The molecular weight excluding hydrogens is 242 g/mol. The van der Waals surface area contributed by atoms with Gasteiger partial charge in [-0.25, -0.2) is 0 Å². The molecule has 0 aliphatic heterocycles. The van der Waals surface area contributed by atoms with E-state index in [1.165, 1.54) is 6.20 Å². The van der Waals surface area contributed by atoms with E-state index in [0.29, 0.717) is 17.8 Å². The van der Waals surface area contributed by atoms with Gasteiger partial charge in [0.15, 0.2) is 0 Å². The largest absolute Gasteiger partial charge is 0.497 e. The summed E-state index contributed by atoms with van der Waals surface area (Å²) in [7, 11) is 1.61. The molecule has 2 aromatic rings. The number of hydrogen-bond acceptors (Lipinski definition) is 4. The first kappa shape index (κ1) is 12.9. The number of amides is 1. The summed E-state index contributed by atoms with van der Waals surface area (Å²) >= 11 is 0. The fourth-order valence-corrected chi connectivity index (χ4v) is 1.65. The molecule has 1 aromatic carbocycles. The molecule has 0 saturated heterocycles. The lowest BCUT2D eigenvalue weighted by Gasteiger charge is -2.08. The van der Waals surface area contributed by atoms with E-state index >= 15 is 0 Å². The lowest BCUT2D eigenvalue weighted by atomic mass is 10.2. The molecule has 0 aliphatic rings. The number of rotatable bonds is 4. The minimum atomic E-state index is -0.242. The number of nitrogens with one attached hydrogen (secondary N) is 1. The normalized spacial score (nSPS) is 9.95. The first-order chi connectivity index (χ1) is 9.20. The van der Waals surface area contributed by atoms with Gasteiger partial charge in [0.1, 0.15) is 5.75 Å². The SMILES string of the molecule is COc1cccc(CNC(=O)c2cnccc2N)c1. The van der Waals surface area contributed by atoms with E-state index in [1.807, 2.05) is 24.3 Å². The molecular formula is C14H15N3O2. The van der Waals surface area contributed by atoms with E-state index in [-0.39, 0.29) is 5.91 Å². The highest BCUT2D eigenvalue weighted by Gasteiger charge is 2.09. The number of anilines is 1. The Morgan fingerprint density at radius 2 is 2.26 bits per heavy atom. The van der Waals surface area contributed by atoms with Crippen LogP contribution >= 0.6 is 0 Å². The Bertz CT molecular complexity index is 584. The second-order valence-corrected chi connectivity index (χ2v) is 4.00. The molecule has 5 nitrogen and oxygen atoms in total. The number of ether oxygens (including phenoxy) is 1. The minimum Gasteiger partial charge on any atom is -0.497 e. The molecule has 1 heterocycles. The van der Waals surface area contributed by atoms with Crippen LogP contribution in [0.2, 0.25) is 0 Å². The van der Waals surface area contributed by atoms with Crippen LogP contribution in [0.3, 0.4) is 0 Å². The number of methoxy groups -OCH3 is 1. The first-order valence-corrected chi connectivity index (χ1v) is 5.81. The number of nitrogens with zero attached hydrogens (tertiary/aromatic N) is 1. The van der Waals surface area contributed by atoms with Crippen LogP contribution in [0.15, 0.2) is 42.7 Å². The predicted molar refractivity (Wildman–Crippen MR) is 72.8 cm³/mol. The zero-order chi connectivity index (χ0) is 13.7. The lowest BCUT2D eigenvalue weighted by Crippen LogP contribution is -2.23. The summed E-state index contributed by atoms with van der Waals surface area (Å²) < 4.78 is 5.12. The molecule has 0 bridgehead atoms. The first-order valence-electron chi connectivity index (χ1n) is 5.81. The van der Waals surface area contributed by atoms with E-state index in [2.05, 4.69) is 10.3 Å². The highest BCUT2D eigenvalue weighted by molar-refractivity contribution is 5.98.